The molecule has 10 rings (SSSR count). The molecule has 8 aromatic carbocycles. The Balaban J connectivity index is 1.21. The van der Waals surface area contributed by atoms with Crippen molar-refractivity contribution in [2.45, 2.75) is 0 Å². The fourth-order valence-corrected chi connectivity index (χ4v) is 7.62. The monoisotopic (exact) mass is 702 g/mol. The van der Waals surface area contributed by atoms with Crippen molar-refractivity contribution in [2.24, 2.45) is 0 Å². The molecule has 0 radical (unpaired) electrons. The van der Waals surface area contributed by atoms with Crippen LogP contribution in [0.25, 0.3) is 100 Å². The Kier molecular flexibility index (Phi) is 8.16. The zero-order chi connectivity index (χ0) is 36.6. The maximum atomic E-state index is 6.43. The highest BCUT2D eigenvalue weighted by atomic mass is 16.3. The van der Waals surface area contributed by atoms with Crippen molar-refractivity contribution < 1.29 is 4.42 Å². The Morgan fingerprint density at radius 3 is 1.49 bits per heavy atom. The van der Waals surface area contributed by atoms with Crippen molar-refractivity contribution in [3.05, 3.63) is 206 Å². The normalized spacial score (nSPS) is 11.3. The molecule has 10 aromatic rings. The molecule has 0 spiro atoms. The minimum absolute atomic E-state index is 0.696. The van der Waals surface area contributed by atoms with E-state index in [1.807, 2.05) is 48.5 Å². The lowest BCUT2D eigenvalue weighted by molar-refractivity contribution is 0.669. The van der Waals surface area contributed by atoms with Crippen LogP contribution in [-0.4, -0.2) is 9.97 Å². The lowest BCUT2D eigenvalue weighted by atomic mass is 9.84. The first-order valence-corrected chi connectivity index (χ1v) is 18.6. The van der Waals surface area contributed by atoms with E-state index in [1.165, 1.54) is 0 Å². The summed E-state index contributed by atoms with van der Waals surface area (Å²) in [6, 6.07) is 72.3. The SMILES string of the molecule is c1ccc(-c2cc(-c3cccc(-c4cc(-c5ccccc5)nc(-c5ccccc5)n4)c3)c(-c3ccccc3)c(-c3ccc4c(c3)oc3ccccc34)c2)cc1. The predicted molar refractivity (Wildman–Crippen MR) is 227 cm³/mol. The summed E-state index contributed by atoms with van der Waals surface area (Å²) in [5.74, 6) is 0.696. The molecule has 0 fully saturated rings. The first-order chi connectivity index (χ1) is 27.2. The Morgan fingerprint density at radius 2 is 0.800 bits per heavy atom. The second-order valence-corrected chi connectivity index (χ2v) is 13.8. The second-order valence-electron chi connectivity index (χ2n) is 13.8. The van der Waals surface area contributed by atoms with Crippen molar-refractivity contribution in [2.75, 3.05) is 0 Å². The Bertz CT molecular complexity index is 2900. The van der Waals surface area contributed by atoms with E-state index in [4.69, 9.17) is 14.4 Å². The number of hydrogen-bond donors (Lipinski definition) is 0. The second kappa shape index (κ2) is 13.9. The van der Waals surface area contributed by atoms with Crippen LogP contribution < -0.4 is 0 Å². The highest BCUT2D eigenvalue weighted by molar-refractivity contribution is 6.07. The summed E-state index contributed by atoms with van der Waals surface area (Å²) < 4.78 is 6.43. The zero-order valence-corrected chi connectivity index (χ0v) is 29.9. The third kappa shape index (κ3) is 6.18. The summed E-state index contributed by atoms with van der Waals surface area (Å²) in [7, 11) is 0. The average Bonchev–Trinajstić information content (AvgIpc) is 3.65. The summed E-state index contributed by atoms with van der Waals surface area (Å²) in [5.41, 5.74) is 15.6. The van der Waals surface area contributed by atoms with E-state index in [0.717, 1.165) is 94.5 Å². The molecule has 0 bridgehead atoms. The van der Waals surface area contributed by atoms with Gasteiger partial charge in [-0.05, 0) is 87.0 Å². The molecule has 0 aliphatic rings. The number of para-hydroxylation sites is 1. The van der Waals surface area contributed by atoms with Crippen LogP contribution in [0.5, 0.6) is 0 Å². The van der Waals surface area contributed by atoms with Crippen LogP contribution in [0.2, 0.25) is 0 Å². The van der Waals surface area contributed by atoms with Gasteiger partial charge in [0.2, 0.25) is 0 Å². The van der Waals surface area contributed by atoms with E-state index in [1.54, 1.807) is 0 Å². The fourth-order valence-electron chi connectivity index (χ4n) is 7.62. The van der Waals surface area contributed by atoms with E-state index in [0.29, 0.717) is 5.82 Å². The first-order valence-electron chi connectivity index (χ1n) is 18.6. The van der Waals surface area contributed by atoms with Gasteiger partial charge < -0.3 is 4.42 Å². The third-order valence-corrected chi connectivity index (χ3v) is 10.3. The summed E-state index contributed by atoms with van der Waals surface area (Å²) in [6.07, 6.45) is 0. The summed E-state index contributed by atoms with van der Waals surface area (Å²) in [4.78, 5) is 10.2. The highest BCUT2D eigenvalue weighted by Gasteiger charge is 2.19. The number of nitrogens with zero attached hydrogens (tertiary/aromatic N) is 2. The average molecular weight is 703 g/mol. The lowest BCUT2D eigenvalue weighted by Gasteiger charge is -2.19. The number of rotatable bonds is 7. The van der Waals surface area contributed by atoms with Crippen LogP contribution in [0.3, 0.4) is 0 Å². The minimum Gasteiger partial charge on any atom is -0.456 e. The molecule has 0 atom stereocenters. The van der Waals surface area contributed by atoms with Crippen molar-refractivity contribution in [1.82, 2.24) is 9.97 Å². The third-order valence-electron chi connectivity index (χ3n) is 10.3. The zero-order valence-electron chi connectivity index (χ0n) is 29.9. The summed E-state index contributed by atoms with van der Waals surface area (Å²) in [6.45, 7) is 0. The van der Waals surface area contributed by atoms with E-state index in [2.05, 4.69) is 158 Å². The van der Waals surface area contributed by atoms with Crippen molar-refractivity contribution >= 4 is 21.9 Å². The van der Waals surface area contributed by atoms with E-state index in [-0.39, 0.29) is 0 Å². The van der Waals surface area contributed by atoms with Crippen LogP contribution in [0.4, 0.5) is 0 Å². The van der Waals surface area contributed by atoms with Crippen LogP contribution >= 0.6 is 0 Å². The molecule has 0 amide bonds. The van der Waals surface area contributed by atoms with Crippen LogP contribution in [0, 0.1) is 0 Å². The van der Waals surface area contributed by atoms with Crippen molar-refractivity contribution in [3.63, 3.8) is 0 Å². The molecule has 0 aliphatic carbocycles. The lowest BCUT2D eigenvalue weighted by Crippen LogP contribution is -1.96. The van der Waals surface area contributed by atoms with Gasteiger partial charge in [0.05, 0.1) is 11.4 Å². The molecule has 0 saturated carbocycles. The van der Waals surface area contributed by atoms with Crippen LogP contribution in [0.1, 0.15) is 0 Å². The van der Waals surface area contributed by atoms with Crippen molar-refractivity contribution in [3.8, 4) is 78.4 Å². The van der Waals surface area contributed by atoms with Gasteiger partial charge in [-0.25, -0.2) is 9.97 Å². The van der Waals surface area contributed by atoms with Gasteiger partial charge in [-0.3, -0.25) is 0 Å². The van der Waals surface area contributed by atoms with E-state index in [9.17, 15) is 0 Å². The quantitative estimate of drug-likeness (QED) is 0.166. The molecule has 55 heavy (non-hydrogen) atoms. The first kappa shape index (κ1) is 32.3. The standard InChI is InChI=1S/C52H34N2O/c1-5-16-35(17-6-1)42-31-45(51(37-20-9-3-10-21-37)46(32-42)40-28-29-44-43-26-13-14-27-49(43)55-50(44)33-40)39-24-15-25-41(30-39)48-34-47(36-18-7-2-8-19-36)53-52(54-48)38-22-11-4-12-23-38/h1-34H. The molecule has 0 aliphatic heterocycles. The van der Waals surface area contributed by atoms with Crippen molar-refractivity contribution in [1.29, 1.82) is 0 Å². The number of furan rings is 1. The van der Waals surface area contributed by atoms with Gasteiger partial charge in [0.25, 0.3) is 0 Å². The van der Waals surface area contributed by atoms with Crippen LogP contribution in [0.15, 0.2) is 211 Å². The van der Waals surface area contributed by atoms with Gasteiger partial charge >= 0.3 is 0 Å². The molecule has 3 nitrogen and oxygen atoms in total. The fraction of sp³-hybridized carbons (Fsp3) is 0. The molecule has 0 N–H and O–H groups in total. The molecule has 3 heteroatoms. The molecule has 2 aromatic heterocycles. The molecule has 0 saturated heterocycles. The largest absolute Gasteiger partial charge is 0.456 e. The van der Waals surface area contributed by atoms with Crippen LogP contribution in [-0.2, 0) is 0 Å². The van der Waals surface area contributed by atoms with Gasteiger partial charge in [-0.1, -0.05) is 164 Å². The summed E-state index contributed by atoms with van der Waals surface area (Å²) >= 11 is 0. The van der Waals surface area contributed by atoms with Gasteiger partial charge in [0.15, 0.2) is 5.82 Å². The Labute approximate surface area is 319 Å². The number of aromatic nitrogens is 2. The number of fused-ring (bicyclic) bond motifs is 3. The number of benzene rings is 8. The Morgan fingerprint density at radius 1 is 0.291 bits per heavy atom. The van der Waals surface area contributed by atoms with E-state index < -0.39 is 0 Å². The Hall–Kier alpha value is -7.36. The molecule has 258 valence electrons. The minimum atomic E-state index is 0.696. The highest BCUT2D eigenvalue weighted by Crippen LogP contribution is 2.45. The molecular formula is C52H34N2O. The van der Waals surface area contributed by atoms with E-state index >= 15 is 0 Å². The van der Waals surface area contributed by atoms with Gasteiger partial charge in [-0.15, -0.1) is 0 Å². The molecular weight excluding hydrogens is 669 g/mol. The topological polar surface area (TPSA) is 38.9 Å². The van der Waals surface area contributed by atoms with Gasteiger partial charge in [0.1, 0.15) is 11.2 Å². The maximum absolute atomic E-state index is 6.43. The number of hydrogen-bond acceptors (Lipinski definition) is 3. The summed E-state index contributed by atoms with van der Waals surface area (Å²) in [5, 5.41) is 2.24. The maximum Gasteiger partial charge on any atom is 0.160 e. The predicted octanol–water partition coefficient (Wildman–Crippen LogP) is 14.0. The molecule has 2 heterocycles. The van der Waals surface area contributed by atoms with Gasteiger partial charge in [-0.2, -0.15) is 0 Å². The molecule has 0 unspecified atom stereocenters. The van der Waals surface area contributed by atoms with Gasteiger partial charge in [0, 0.05) is 27.5 Å². The smallest absolute Gasteiger partial charge is 0.160 e.